The number of methoxy groups -OCH3 is 1. The zero-order chi connectivity index (χ0) is 36.9. The van der Waals surface area contributed by atoms with Crippen LogP contribution in [-0.4, -0.2) is 77.5 Å². The Hall–Kier alpha value is -6.51. The fraction of sp³-hybridized carbons (Fsp3) is 0.184. The molecule has 0 atom stereocenters. The number of rotatable bonds is 4. The van der Waals surface area contributed by atoms with E-state index in [1.165, 1.54) is 14.2 Å². The van der Waals surface area contributed by atoms with Gasteiger partial charge in [-0.1, -0.05) is 6.58 Å². The Balaban J connectivity index is 0.00000112. The molecule has 14 heteroatoms. The van der Waals surface area contributed by atoms with Crippen molar-refractivity contribution in [3.05, 3.63) is 89.5 Å². The molecule has 0 fully saturated rings. The van der Waals surface area contributed by atoms with E-state index in [0.29, 0.717) is 97.8 Å². The van der Waals surface area contributed by atoms with Gasteiger partial charge in [0.15, 0.2) is 30.4 Å². The highest BCUT2D eigenvalue weighted by molar-refractivity contribution is 5.97. The number of nitrogens with one attached hydrogen (secondary N) is 1. The first kappa shape index (κ1) is 35.3. The monoisotopic (exact) mass is 704 g/mol. The Kier molecular flexibility index (Phi) is 10.3. The van der Waals surface area contributed by atoms with E-state index in [1.807, 2.05) is 27.3 Å². The highest BCUT2D eigenvalue weighted by Crippen LogP contribution is 2.40. The number of hydrogen-bond donors (Lipinski definition) is 3. The lowest BCUT2D eigenvalue weighted by atomic mass is 10.1. The number of ether oxygens (including phenoxy) is 3. The molecular weight excluding hydrogens is 668 g/mol. The van der Waals surface area contributed by atoms with Crippen molar-refractivity contribution in [2.75, 3.05) is 34.5 Å². The van der Waals surface area contributed by atoms with Crippen LogP contribution in [0.1, 0.15) is 36.6 Å². The summed E-state index contributed by atoms with van der Waals surface area (Å²) in [6.45, 7) is 5.14. The maximum Gasteiger partial charge on any atom is 0.192 e. The van der Waals surface area contributed by atoms with Crippen molar-refractivity contribution in [3.63, 3.8) is 0 Å². The summed E-state index contributed by atoms with van der Waals surface area (Å²) in [5.74, 6) is 2.92. The smallest absolute Gasteiger partial charge is 0.192 e. The average molecular weight is 705 g/mol. The third-order valence-electron chi connectivity index (χ3n) is 8.66. The van der Waals surface area contributed by atoms with Crippen molar-refractivity contribution in [3.8, 4) is 45.8 Å². The van der Waals surface area contributed by atoms with Gasteiger partial charge in [-0.05, 0) is 67.7 Å². The molecule has 4 bridgehead atoms. The highest BCUT2D eigenvalue weighted by Gasteiger charge is 2.27. The molecule has 4 N–H and O–H groups in total. The largest absolute Gasteiger partial charge is 0.494 e. The van der Waals surface area contributed by atoms with E-state index in [-0.39, 0.29) is 13.2 Å². The lowest BCUT2D eigenvalue weighted by Crippen LogP contribution is -2.11. The Labute approximate surface area is 298 Å². The summed E-state index contributed by atoms with van der Waals surface area (Å²) >= 11 is 0. The summed E-state index contributed by atoms with van der Waals surface area (Å²) < 4.78 is 21.6. The second kappa shape index (κ2) is 15.2. The summed E-state index contributed by atoms with van der Waals surface area (Å²) in [6, 6.07) is 17.8. The van der Waals surface area contributed by atoms with E-state index in [4.69, 9.17) is 34.1 Å². The van der Waals surface area contributed by atoms with Gasteiger partial charge in [0.2, 0.25) is 0 Å². The van der Waals surface area contributed by atoms with Gasteiger partial charge in [-0.25, -0.2) is 15.4 Å². The molecule has 5 heterocycles. The molecule has 0 spiro atoms. The van der Waals surface area contributed by atoms with Gasteiger partial charge in [0.25, 0.3) is 0 Å². The van der Waals surface area contributed by atoms with E-state index in [0.717, 1.165) is 37.0 Å². The number of nitrogens with zero attached hydrogens (tertiary/aromatic N) is 4. The number of carbonyl (C=O) groups is 3. The van der Waals surface area contributed by atoms with Gasteiger partial charge in [0.1, 0.15) is 47.4 Å². The Morgan fingerprint density at radius 3 is 1.98 bits per heavy atom. The second-order valence-corrected chi connectivity index (χ2v) is 11.3. The number of hydroxylamine groups is 1. The number of hydrogen-bond acceptors (Lipinski definition) is 12. The van der Waals surface area contributed by atoms with E-state index in [2.05, 4.69) is 17.8 Å². The predicted molar refractivity (Wildman–Crippen MR) is 195 cm³/mol. The predicted octanol–water partition coefficient (Wildman–Crippen LogP) is 4.69. The minimum absolute atomic E-state index is 0.200. The van der Waals surface area contributed by atoms with E-state index in [1.54, 1.807) is 42.5 Å². The van der Waals surface area contributed by atoms with Crippen LogP contribution in [0.15, 0.2) is 67.2 Å². The zero-order valence-electron chi connectivity index (χ0n) is 28.7. The van der Waals surface area contributed by atoms with E-state index in [9.17, 15) is 14.4 Å². The van der Waals surface area contributed by atoms with Crippen molar-refractivity contribution < 1.29 is 38.5 Å². The molecule has 2 aromatic heterocycles. The maximum absolute atomic E-state index is 12.5. The molecule has 52 heavy (non-hydrogen) atoms. The van der Waals surface area contributed by atoms with Gasteiger partial charge in [0, 0.05) is 48.0 Å². The third-order valence-corrected chi connectivity index (χ3v) is 8.66. The number of aliphatic hydroxyl groups is 1. The number of aromatic nitrogens is 4. The van der Waals surface area contributed by atoms with Gasteiger partial charge in [-0.15, -0.1) is 0 Å². The zero-order valence-corrected chi connectivity index (χ0v) is 28.7. The van der Waals surface area contributed by atoms with Crippen LogP contribution < -0.4 is 30.3 Å². The molecule has 0 radical (unpaired) electrons. The fourth-order valence-corrected chi connectivity index (χ4v) is 6.40. The first-order valence-electron chi connectivity index (χ1n) is 16.2. The van der Waals surface area contributed by atoms with Crippen LogP contribution in [0.4, 0.5) is 0 Å². The van der Waals surface area contributed by atoms with Crippen molar-refractivity contribution in [2.24, 2.45) is 5.73 Å². The summed E-state index contributed by atoms with van der Waals surface area (Å²) in [5, 5.41) is 7.00. The standard InChI is InChI=1S/C36H27N5O7.CH5N.CH4O/c1-20-26-8-10-30-32(34(26)48-39-20)38-36-28-16-25(5-3-21(28)17-42)47-14-13-46-24-6-7-27(23(15-24)19-44)35-37-31-29(40(35)11-12-41(30)36)9-4-22(18-43)33(31)45-2;2*1-2/h3-10,15-19,39H,1,11-14H2,2H3;2H2,1H3;2H,1H3. The summed E-state index contributed by atoms with van der Waals surface area (Å²) in [7, 11) is 3.99. The van der Waals surface area contributed by atoms with Crippen molar-refractivity contribution in [1.82, 2.24) is 24.6 Å². The van der Waals surface area contributed by atoms with Gasteiger partial charge in [-0.3, -0.25) is 14.4 Å². The minimum atomic E-state index is 0.200. The molecule has 4 aromatic carbocycles. The Morgan fingerprint density at radius 1 is 0.750 bits per heavy atom. The van der Waals surface area contributed by atoms with Gasteiger partial charge >= 0.3 is 0 Å². The summed E-state index contributed by atoms with van der Waals surface area (Å²) in [4.78, 5) is 52.5. The van der Waals surface area contributed by atoms with Crippen LogP contribution in [-0.2, 0) is 13.1 Å². The maximum atomic E-state index is 12.5. The van der Waals surface area contributed by atoms with Crippen molar-refractivity contribution >= 4 is 46.6 Å². The van der Waals surface area contributed by atoms with Crippen molar-refractivity contribution in [1.29, 1.82) is 0 Å². The molecule has 9 rings (SSSR count). The molecule has 0 aliphatic carbocycles. The SMILES string of the molecule is C=C1NOc2c1ccc1c2nc2n1CCn1c(nc3c(OC)c(C=O)ccc31)-c1ccc(cc1C=O)OCCOc1ccc(C=O)c-2c1.CN.CO. The molecule has 6 aromatic rings. The van der Waals surface area contributed by atoms with Crippen LogP contribution in [0.3, 0.4) is 0 Å². The summed E-state index contributed by atoms with van der Waals surface area (Å²) in [6.07, 6.45) is 2.28. The highest BCUT2D eigenvalue weighted by atomic mass is 16.7. The second-order valence-electron chi connectivity index (χ2n) is 11.3. The number of aliphatic hydroxyl groups excluding tert-OH is 1. The number of carbonyl (C=O) groups excluding carboxylic acids is 3. The quantitative estimate of drug-likeness (QED) is 0.216. The van der Waals surface area contributed by atoms with Crippen LogP contribution in [0.2, 0.25) is 0 Å². The number of aryl methyl sites for hydroxylation is 2. The molecular formula is C38H36N6O8. The third kappa shape index (κ3) is 5.99. The normalized spacial score (nSPS) is 12.9. The van der Waals surface area contributed by atoms with E-state index < -0.39 is 0 Å². The lowest BCUT2D eigenvalue weighted by molar-refractivity contribution is 0.111. The topological polar surface area (TPSA) is 182 Å². The van der Waals surface area contributed by atoms with Crippen LogP contribution in [0, 0.1) is 0 Å². The molecule has 0 saturated heterocycles. The molecule has 3 aliphatic rings. The Bertz CT molecular complexity index is 2340. The first-order chi connectivity index (χ1) is 25.5. The number of aldehydes is 3. The van der Waals surface area contributed by atoms with E-state index >= 15 is 0 Å². The molecule has 0 unspecified atom stereocenters. The van der Waals surface area contributed by atoms with Crippen LogP contribution in [0.5, 0.6) is 23.0 Å². The molecule has 0 amide bonds. The lowest BCUT2D eigenvalue weighted by Gasteiger charge is -2.15. The Morgan fingerprint density at radius 2 is 1.31 bits per heavy atom. The first-order valence-corrected chi connectivity index (χ1v) is 16.2. The molecule has 266 valence electrons. The average Bonchev–Trinajstić information content (AvgIpc) is 3.88. The molecule has 14 nitrogen and oxygen atoms in total. The van der Waals surface area contributed by atoms with Crippen LogP contribution in [0.25, 0.3) is 50.5 Å². The van der Waals surface area contributed by atoms with Gasteiger partial charge < -0.3 is 39.0 Å². The summed E-state index contributed by atoms with van der Waals surface area (Å²) in [5.41, 5.74) is 13.6. The number of fused-ring (bicyclic) bond motifs is 10. The number of nitrogens with two attached hydrogens (primary N) is 1. The van der Waals surface area contributed by atoms with Crippen molar-refractivity contribution in [2.45, 2.75) is 13.1 Å². The molecule has 3 aliphatic heterocycles. The van der Waals surface area contributed by atoms with Gasteiger partial charge in [-0.2, -0.15) is 0 Å². The number of imidazole rings is 2. The number of benzene rings is 4. The fourth-order valence-electron chi connectivity index (χ4n) is 6.40. The minimum Gasteiger partial charge on any atom is -0.494 e. The van der Waals surface area contributed by atoms with Crippen LogP contribution >= 0.6 is 0 Å². The molecule has 0 saturated carbocycles. The van der Waals surface area contributed by atoms with Gasteiger partial charge in [0.05, 0.1) is 29.4 Å².